The molecule has 7 nitrogen and oxygen atoms in total. The second-order valence-corrected chi connectivity index (χ2v) is 8.42. The molecule has 1 aliphatic heterocycles. The highest BCUT2D eigenvalue weighted by Crippen LogP contribution is 2.18. The van der Waals surface area contributed by atoms with E-state index < -0.39 is 0 Å². The van der Waals surface area contributed by atoms with Crippen LogP contribution in [0.15, 0.2) is 33.2 Å². The first-order valence-electron chi connectivity index (χ1n) is 10.5. The van der Waals surface area contributed by atoms with Gasteiger partial charge in [0.05, 0.1) is 31.7 Å². The lowest BCUT2D eigenvalue weighted by Crippen LogP contribution is -2.41. The Kier molecular flexibility index (Phi) is 8.98. The minimum atomic E-state index is 0.452. The molecule has 3 heterocycles. The third kappa shape index (κ3) is 7.79. The van der Waals surface area contributed by atoms with Crippen molar-refractivity contribution in [1.29, 1.82) is 0 Å². The second-order valence-electron chi connectivity index (χ2n) is 7.48. The van der Waals surface area contributed by atoms with E-state index in [0.29, 0.717) is 12.5 Å². The van der Waals surface area contributed by atoms with Crippen molar-refractivity contribution in [2.24, 2.45) is 4.99 Å². The predicted molar refractivity (Wildman–Crippen MR) is 118 cm³/mol. The lowest BCUT2D eigenvalue weighted by Gasteiger charge is -2.26. The van der Waals surface area contributed by atoms with Gasteiger partial charge in [0, 0.05) is 38.0 Å². The number of rotatable bonds is 10. The van der Waals surface area contributed by atoms with Crippen molar-refractivity contribution in [2.45, 2.75) is 39.2 Å². The number of nitrogens with zero attached hydrogens (tertiary/aromatic N) is 3. The van der Waals surface area contributed by atoms with Crippen molar-refractivity contribution in [3.63, 3.8) is 0 Å². The van der Waals surface area contributed by atoms with E-state index in [4.69, 9.17) is 14.1 Å². The van der Waals surface area contributed by atoms with Crippen molar-refractivity contribution in [1.82, 2.24) is 20.5 Å². The van der Waals surface area contributed by atoms with Crippen LogP contribution in [0.25, 0.3) is 0 Å². The molecule has 1 aliphatic rings. The van der Waals surface area contributed by atoms with E-state index in [0.717, 1.165) is 81.2 Å². The third-order valence-corrected chi connectivity index (χ3v) is 5.68. The molecule has 0 spiro atoms. The molecule has 2 N–H and O–H groups in total. The van der Waals surface area contributed by atoms with Crippen LogP contribution in [0.4, 0.5) is 0 Å². The summed E-state index contributed by atoms with van der Waals surface area (Å²) in [5.41, 5.74) is 1.14. The Balaban J connectivity index is 1.47. The summed E-state index contributed by atoms with van der Waals surface area (Å²) in [5.74, 6) is 2.26. The summed E-state index contributed by atoms with van der Waals surface area (Å²) in [5, 5.41) is 10.1. The topological polar surface area (TPSA) is 74.9 Å². The third-order valence-electron chi connectivity index (χ3n) is 4.82. The van der Waals surface area contributed by atoms with E-state index in [1.165, 1.54) is 0 Å². The fraction of sp³-hybridized carbons (Fsp3) is 0.619. The lowest BCUT2D eigenvalue weighted by molar-refractivity contribution is 0.0376. The van der Waals surface area contributed by atoms with Crippen molar-refractivity contribution in [3.8, 4) is 0 Å². The zero-order valence-electron chi connectivity index (χ0n) is 17.5. The average Bonchev–Trinajstić information content (AvgIpc) is 3.41. The van der Waals surface area contributed by atoms with Crippen LogP contribution in [-0.2, 0) is 17.7 Å². The SMILES string of the molecule is CC(C)c1csc(CN=C(NCCCN2CCOCC2)NCCc2ccco2)n1. The maximum atomic E-state index is 5.41. The van der Waals surface area contributed by atoms with Crippen LogP contribution in [0.1, 0.15) is 42.6 Å². The van der Waals surface area contributed by atoms with E-state index in [1.807, 2.05) is 12.1 Å². The summed E-state index contributed by atoms with van der Waals surface area (Å²) in [6.45, 7) is 11.4. The summed E-state index contributed by atoms with van der Waals surface area (Å²) in [7, 11) is 0. The molecule has 29 heavy (non-hydrogen) atoms. The molecule has 0 saturated carbocycles. The van der Waals surface area contributed by atoms with Gasteiger partial charge in [-0.05, 0) is 31.0 Å². The Morgan fingerprint density at radius 2 is 2.10 bits per heavy atom. The first-order valence-corrected chi connectivity index (χ1v) is 11.4. The molecule has 0 amide bonds. The quantitative estimate of drug-likeness (QED) is 0.350. The van der Waals surface area contributed by atoms with E-state index in [2.05, 4.69) is 39.7 Å². The minimum absolute atomic E-state index is 0.452. The van der Waals surface area contributed by atoms with Crippen LogP contribution in [0.3, 0.4) is 0 Å². The molecule has 0 bridgehead atoms. The summed E-state index contributed by atoms with van der Waals surface area (Å²) in [6, 6.07) is 3.92. The van der Waals surface area contributed by atoms with Gasteiger partial charge in [-0.1, -0.05) is 13.8 Å². The van der Waals surface area contributed by atoms with Gasteiger partial charge in [0.2, 0.25) is 0 Å². The maximum Gasteiger partial charge on any atom is 0.191 e. The van der Waals surface area contributed by atoms with E-state index in [-0.39, 0.29) is 0 Å². The zero-order chi connectivity index (χ0) is 20.3. The number of guanidine groups is 1. The highest BCUT2D eigenvalue weighted by atomic mass is 32.1. The Labute approximate surface area is 177 Å². The van der Waals surface area contributed by atoms with Crippen LogP contribution in [0, 0.1) is 0 Å². The molecule has 1 fully saturated rings. The Morgan fingerprint density at radius 1 is 1.28 bits per heavy atom. The van der Waals surface area contributed by atoms with Gasteiger partial charge < -0.3 is 19.8 Å². The van der Waals surface area contributed by atoms with Gasteiger partial charge in [-0.3, -0.25) is 4.90 Å². The standard InChI is InChI=1S/C21H33N5O2S/c1-17(2)19-16-29-20(25-19)15-24-21(23-8-6-18-5-3-12-28-18)22-7-4-9-26-10-13-27-14-11-26/h3,5,12,16-17H,4,6-11,13-15H2,1-2H3,(H2,22,23,24). The summed E-state index contributed by atoms with van der Waals surface area (Å²) in [6.07, 6.45) is 3.62. The molecule has 0 aliphatic carbocycles. The normalized spacial score (nSPS) is 15.8. The van der Waals surface area contributed by atoms with Crippen molar-refractivity contribution < 1.29 is 9.15 Å². The number of hydrogen-bond donors (Lipinski definition) is 2. The van der Waals surface area contributed by atoms with Crippen LogP contribution in [0.2, 0.25) is 0 Å². The molecule has 0 aromatic carbocycles. The van der Waals surface area contributed by atoms with Crippen molar-refractivity contribution >= 4 is 17.3 Å². The van der Waals surface area contributed by atoms with Crippen LogP contribution < -0.4 is 10.6 Å². The Bertz CT molecular complexity index is 723. The second kappa shape index (κ2) is 11.9. The molecule has 2 aromatic heterocycles. The number of hydrogen-bond acceptors (Lipinski definition) is 6. The average molecular weight is 420 g/mol. The van der Waals surface area contributed by atoms with Gasteiger partial charge in [-0.2, -0.15) is 0 Å². The highest BCUT2D eigenvalue weighted by molar-refractivity contribution is 7.09. The summed E-state index contributed by atoms with van der Waals surface area (Å²) >= 11 is 1.68. The molecule has 0 radical (unpaired) electrons. The van der Waals surface area contributed by atoms with E-state index in [9.17, 15) is 0 Å². The number of morpholine rings is 1. The van der Waals surface area contributed by atoms with E-state index >= 15 is 0 Å². The predicted octanol–water partition coefficient (Wildman–Crippen LogP) is 2.86. The first kappa shape index (κ1) is 21.8. The summed E-state index contributed by atoms with van der Waals surface area (Å²) < 4.78 is 10.8. The van der Waals surface area contributed by atoms with Crippen LogP contribution in [-0.4, -0.2) is 61.8 Å². The summed E-state index contributed by atoms with van der Waals surface area (Å²) in [4.78, 5) is 11.9. The van der Waals surface area contributed by atoms with E-state index in [1.54, 1.807) is 17.6 Å². The van der Waals surface area contributed by atoms with Crippen molar-refractivity contribution in [2.75, 3.05) is 45.9 Å². The molecule has 1 saturated heterocycles. The number of nitrogens with one attached hydrogen (secondary N) is 2. The Morgan fingerprint density at radius 3 is 2.83 bits per heavy atom. The van der Waals surface area contributed by atoms with Gasteiger partial charge in [0.15, 0.2) is 5.96 Å². The molecule has 2 aromatic rings. The molecule has 0 unspecified atom stereocenters. The van der Waals surface area contributed by atoms with Crippen LogP contribution in [0.5, 0.6) is 0 Å². The fourth-order valence-corrected chi connectivity index (χ4v) is 3.96. The fourth-order valence-electron chi connectivity index (χ4n) is 3.08. The lowest BCUT2D eigenvalue weighted by atomic mass is 10.2. The largest absolute Gasteiger partial charge is 0.469 e. The molecular weight excluding hydrogens is 386 g/mol. The number of furan rings is 1. The van der Waals surface area contributed by atoms with Gasteiger partial charge >= 0.3 is 0 Å². The minimum Gasteiger partial charge on any atom is -0.469 e. The smallest absolute Gasteiger partial charge is 0.191 e. The maximum absolute atomic E-state index is 5.41. The molecular formula is C21H33N5O2S. The molecule has 0 atom stereocenters. The van der Waals surface area contributed by atoms with Crippen LogP contribution >= 0.6 is 11.3 Å². The van der Waals surface area contributed by atoms with Crippen molar-refractivity contribution in [3.05, 3.63) is 40.2 Å². The molecule has 8 heteroatoms. The number of thiazole rings is 1. The highest BCUT2D eigenvalue weighted by Gasteiger charge is 2.10. The van der Waals surface area contributed by atoms with Gasteiger partial charge in [-0.25, -0.2) is 9.98 Å². The zero-order valence-corrected chi connectivity index (χ0v) is 18.3. The number of aromatic nitrogens is 1. The molecule has 160 valence electrons. The Hall–Kier alpha value is -1.90. The van der Waals surface area contributed by atoms with Gasteiger partial charge in [0.1, 0.15) is 10.8 Å². The number of ether oxygens (including phenoxy) is 1. The molecule has 3 rings (SSSR count). The first-order chi connectivity index (χ1) is 14.2. The van der Waals surface area contributed by atoms with Gasteiger partial charge in [-0.15, -0.1) is 11.3 Å². The number of aliphatic imine (C=N–C) groups is 1. The monoisotopic (exact) mass is 419 g/mol. The van der Waals surface area contributed by atoms with Gasteiger partial charge in [0.25, 0.3) is 0 Å².